The summed E-state index contributed by atoms with van der Waals surface area (Å²) in [6, 6.07) is 0. The van der Waals surface area contributed by atoms with Crippen LogP contribution in [0.4, 0.5) is 0 Å². The average Bonchev–Trinajstić information content (AvgIpc) is 1.37. The van der Waals surface area contributed by atoms with Crippen molar-refractivity contribution < 1.29 is 25.9 Å². The molecule has 0 unspecified atom stereocenters. The summed E-state index contributed by atoms with van der Waals surface area (Å²) in [6.45, 7) is 1.76. The van der Waals surface area contributed by atoms with Crippen LogP contribution in [0.25, 0.3) is 0 Å². The molecule has 0 aliphatic rings. The molecule has 7 heavy (non-hydrogen) atoms. The summed E-state index contributed by atoms with van der Waals surface area (Å²) in [7, 11) is 0. The topological polar surface area (TPSA) is 17.1 Å². The Labute approximate surface area is 60.8 Å². The number of rotatable bonds is 1. The predicted molar refractivity (Wildman–Crippen MR) is 28.8 cm³/mol. The summed E-state index contributed by atoms with van der Waals surface area (Å²) in [5.41, 5.74) is 0. The zero-order valence-electron chi connectivity index (χ0n) is 4.93. The van der Waals surface area contributed by atoms with E-state index in [1.165, 1.54) is 0 Å². The minimum Gasteiger partial charge on any atom is -0.542 e. The SMILES string of the molecule is CC[C-]=O.[CH3-].[CH3-].[Pt]. The van der Waals surface area contributed by atoms with Gasteiger partial charge >= 0.3 is 0 Å². The molecule has 0 aromatic heterocycles. The zero-order chi connectivity index (χ0) is 3.41. The molecule has 0 aliphatic carbocycles. The Morgan fingerprint density at radius 3 is 1.57 bits per heavy atom. The maximum Gasteiger partial charge on any atom is 0 e. The average molecular weight is 282 g/mol. The van der Waals surface area contributed by atoms with Crippen molar-refractivity contribution in [3.05, 3.63) is 14.9 Å². The molecular formula is C5H11OPt-3. The molecule has 0 rings (SSSR count). The Bertz CT molecular complexity index is 22.0. The molecule has 0 aromatic carbocycles. The van der Waals surface area contributed by atoms with Gasteiger partial charge in [0.05, 0.1) is 0 Å². The second-order valence-electron chi connectivity index (χ2n) is 0.498. The largest absolute Gasteiger partial charge is 0.542 e. The molecule has 50 valence electrons. The van der Waals surface area contributed by atoms with Gasteiger partial charge in [-0.15, -0.1) is 0 Å². The summed E-state index contributed by atoms with van der Waals surface area (Å²) < 4.78 is 0. The molecule has 1 nitrogen and oxygen atoms in total. The molecule has 0 saturated carbocycles. The molecule has 0 N–H and O–H groups in total. The Morgan fingerprint density at radius 1 is 1.43 bits per heavy atom. The van der Waals surface area contributed by atoms with Crippen LogP contribution < -0.4 is 0 Å². The van der Waals surface area contributed by atoms with E-state index in [0.29, 0.717) is 6.42 Å². The van der Waals surface area contributed by atoms with Gasteiger partial charge in [0.1, 0.15) is 0 Å². The second kappa shape index (κ2) is 32.8. The van der Waals surface area contributed by atoms with Crippen molar-refractivity contribution in [3.8, 4) is 0 Å². The smallest absolute Gasteiger partial charge is 0 e. The molecule has 0 atom stereocenters. The maximum atomic E-state index is 9.05. The van der Waals surface area contributed by atoms with Gasteiger partial charge in [-0.05, 0) is 0 Å². The molecule has 0 fully saturated rings. The molecule has 0 aromatic rings. The summed E-state index contributed by atoms with van der Waals surface area (Å²) >= 11 is 0. The monoisotopic (exact) mass is 282 g/mol. The van der Waals surface area contributed by atoms with E-state index < -0.39 is 0 Å². The van der Waals surface area contributed by atoms with Crippen LogP contribution >= 0.6 is 0 Å². The summed E-state index contributed by atoms with van der Waals surface area (Å²) in [5.74, 6) is 0. The molecule has 0 heterocycles. The first kappa shape index (κ1) is 26.4. The third-order valence-corrected chi connectivity index (χ3v) is 0.144. The quantitative estimate of drug-likeness (QED) is 0.665. The first-order valence-corrected chi connectivity index (χ1v) is 1.26. The van der Waals surface area contributed by atoms with Crippen LogP contribution in [-0.2, 0) is 25.9 Å². The van der Waals surface area contributed by atoms with E-state index in [-0.39, 0.29) is 35.9 Å². The van der Waals surface area contributed by atoms with Gasteiger partial charge in [-0.25, -0.2) is 0 Å². The summed E-state index contributed by atoms with van der Waals surface area (Å²) in [6.07, 6.45) is 2.19. The van der Waals surface area contributed by atoms with E-state index in [2.05, 4.69) is 0 Å². The van der Waals surface area contributed by atoms with Gasteiger partial charge in [0.15, 0.2) is 0 Å². The van der Waals surface area contributed by atoms with Crippen LogP contribution in [0.3, 0.4) is 0 Å². The fourth-order valence-electron chi connectivity index (χ4n) is 0. The molecule has 0 saturated heterocycles. The van der Waals surface area contributed by atoms with Crippen LogP contribution in [0.15, 0.2) is 0 Å². The standard InChI is InChI=1S/C3H5O.2CH3.Pt/c1-2-3-4;;;/h2H2,1H3;2*1H3;/q3*-1;. The van der Waals surface area contributed by atoms with Crippen molar-refractivity contribution in [3.63, 3.8) is 0 Å². The fraction of sp³-hybridized carbons (Fsp3) is 0.400. The van der Waals surface area contributed by atoms with Gasteiger partial charge in [-0.1, -0.05) is 6.92 Å². The minimum atomic E-state index is 0. The number of carbonyl (C=O) groups excluding carboxylic acids is 1. The van der Waals surface area contributed by atoms with E-state index in [4.69, 9.17) is 4.79 Å². The fourth-order valence-corrected chi connectivity index (χ4v) is 0. The van der Waals surface area contributed by atoms with Gasteiger partial charge in [-0.3, -0.25) is 6.29 Å². The second-order valence-corrected chi connectivity index (χ2v) is 0.498. The van der Waals surface area contributed by atoms with Gasteiger partial charge in [0.25, 0.3) is 0 Å². The number of hydrogen-bond acceptors (Lipinski definition) is 1. The van der Waals surface area contributed by atoms with Crippen LogP contribution in [-0.4, -0.2) is 6.29 Å². The van der Waals surface area contributed by atoms with Crippen molar-refractivity contribution in [2.75, 3.05) is 0 Å². The normalized spacial score (nSPS) is 3.57. The first-order valence-electron chi connectivity index (χ1n) is 1.26. The van der Waals surface area contributed by atoms with Gasteiger partial charge in [0.2, 0.25) is 0 Å². The first-order chi connectivity index (χ1) is 1.91. The van der Waals surface area contributed by atoms with E-state index in [1.807, 2.05) is 0 Å². The van der Waals surface area contributed by atoms with Crippen LogP contribution in [0.2, 0.25) is 0 Å². The molecule has 0 radical (unpaired) electrons. The third kappa shape index (κ3) is 65.5. The molecule has 0 bridgehead atoms. The van der Waals surface area contributed by atoms with Crippen molar-refractivity contribution >= 4 is 6.29 Å². The summed E-state index contributed by atoms with van der Waals surface area (Å²) in [5, 5.41) is 0. The van der Waals surface area contributed by atoms with Gasteiger partial charge < -0.3 is 19.6 Å². The van der Waals surface area contributed by atoms with E-state index in [1.54, 1.807) is 13.2 Å². The Hall–Kier alpha value is 0.358. The molecule has 0 aliphatic heterocycles. The number of hydrogen-bond donors (Lipinski definition) is 0. The Kier molecular flexibility index (Phi) is 124. The van der Waals surface area contributed by atoms with Gasteiger partial charge in [-0.2, -0.15) is 6.42 Å². The Balaban J connectivity index is -0.0000000150. The molecular weight excluding hydrogens is 271 g/mol. The predicted octanol–water partition coefficient (Wildman–Crippen LogP) is 1.40. The van der Waals surface area contributed by atoms with Crippen molar-refractivity contribution in [2.24, 2.45) is 0 Å². The van der Waals surface area contributed by atoms with Crippen LogP contribution in [0.1, 0.15) is 13.3 Å². The molecule has 0 spiro atoms. The zero-order valence-corrected chi connectivity index (χ0v) is 7.20. The van der Waals surface area contributed by atoms with Crippen molar-refractivity contribution in [1.82, 2.24) is 0 Å². The van der Waals surface area contributed by atoms with E-state index in [0.717, 1.165) is 0 Å². The molecule has 0 amide bonds. The van der Waals surface area contributed by atoms with Gasteiger partial charge in [0, 0.05) is 21.1 Å². The summed E-state index contributed by atoms with van der Waals surface area (Å²) in [4.78, 5) is 9.05. The van der Waals surface area contributed by atoms with Crippen molar-refractivity contribution in [1.29, 1.82) is 0 Å². The van der Waals surface area contributed by atoms with Crippen molar-refractivity contribution in [2.45, 2.75) is 13.3 Å². The van der Waals surface area contributed by atoms with Crippen LogP contribution in [0, 0.1) is 14.9 Å². The third-order valence-electron chi connectivity index (χ3n) is 0.144. The van der Waals surface area contributed by atoms with E-state index in [9.17, 15) is 0 Å². The van der Waals surface area contributed by atoms with E-state index >= 15 is 0 Å². The minimum absolute atomic E-state index is 0. The maximum absolute atomic E-state index is 9.05. The Morgan fingerprint density at radius 2 is 1.57 bits per heavy atom. The van der Waals surface area contributed by atoms with Crippen LogP contribution in [0.5, 0.6) is 0 Å². The molecule has 2 heteroatoms.